The van der Waals surface area contributed by atoms with Crippen molar-refractivity contribution >= 4 is 0 Å². The number of rotatable bonds is 1. The van der Waals surface area contributed by atoms with Gasteiger partial charge in [0.05, 0.1) is 5.60 Å². The summed E-state index contributed by atoms with van der Waals surface area (Å²) >= 11 is 0. The predicted molar refractivity (Wildman–Crippen MR) is 65.0 cm³/mol. The summed E-state index contributed by atoms with van der Waals surface area (Å²) in [5, 5.41) is 10.8. The quantitative estimate of drug-likeness (QED) is 0.762. The molecule has 3 unspecified atom stereocenters. The molecule has 1 N–H and O–H groups in total. The van der Waals surface area contributed by atoms with Crippen LogP contribution in [0.25, 0.3) is 0 Å². The molecule has 0 heterocycles. The molecule has 3 atom stereocenters. The van der Waals surface area contributed by atoms with Crippen molar-refractivity contribution in [2.24, 2.45) is 11.8 Å². The van der Waals surface area contributed by atoms with Crippen LogP contribution in [0.5, 0.6) is 0 Å². The molecule has 0 bridgehead atoms. The molecule has 0 amide bonds. The lowest BCUT2D eigenvalue weighted by Gasteiger charge is -2.52. The maximum absolute atomic E-state index is 10.8. The summed E-state index contributed by atoms with van der Waals surface area (Å²) in [5.41, 5.74) is 0.633. The first-order valence-electron chi connectivity index (χ1n) is 6.58. The molecule has 3 rings (SSSR count). The van der Waals surface area contributed by atoms with Gasteiger partial charge in [-0.15, -0.1) is 0 Å². The molecular formula is C15H20O. The molecule has 86 valence electrons. The Morgan fingerprint density at radius 3 is 2.56 bits per heavy atom. The van der Waals surface area contributed by atoms with Crippen molar-refractivity contribution in [2.75, 3.05) is 0 Å². The summed E-state index contributed by atoms with van der Waals surface area (Å²) in [6.45, 7) is 0. The van der Waals surface area contributed by atoms with Gasteiger partial charge in [-0.1, -0.05) is 49.6 Å². The highest BCUT2D eigenvalue weighted by Crippen LogP contribution is 2.55. The maximum Gasteiger partial charge on any atom is 0.0930 e. The minimum Gasteiger partial charge on any atom is -0.385 e. The Balaban J connectivity index is 1.85. The first-order valence-corrected chi connectivity index (χ1v) is 6.58. The minimum absolute atomic E-state index is 0.504. The normalized spacial score (nSPS) is 38.3. The molecule has 2 aliphatic carbocycles. The van der Waals surface area contributed by atoms with E-state index in [9.17, 15) is 5.11 Å². The molecule has 2 aliphatic rings. The average Bonchev–Trinajstić information content (AvgIpc) is 2.51. The van der Waals surface area contributed by atoms with Crippen LogP contribution in [0.3, 0.4) is 0 Å². The van der Waals surface area contributed by atoms with Crippen LogP contribution in [0.1, 0.15) is 44.1 Å². The van der Waals surface area contributed by atoms with Crippen molar-refractivity contribution < 1.29 is 5.11 Å². The number of hydrogen-bond donors (Lipinski definition) is 1. The number of benzene rings is 1. The summed E-state index contributed by atoms with van der Waals surface area (Å²) in [5.74, 6) is 1.31. The average molecular weight is 216 g/mol. The van der Waals surface area contributed by atoms with E-state index in [1.807, 2.05) is 18.2 Å². The Labute approximate surface area is 97.5 Å². The van der Waals surface area contributed by atoms with Crippen LogP contribution in [0.2, 0.25) is 0 Å². The van der Waals surface area contributed by atoms with Crippen LogP contribution in [-0.4, -0.2) is 5.11 Å². The Morgan fingerprint density at radius 2 is 1.75 bits per heavy atom. The molecule has 0 saturated heterocycles. The van der Waals surface area contributed by atoms with Crippen molar-refractivity contribution in [2.45, 2.75) is 44.1 Å². The fourth-order valence-electron chi connectivity index (χ4n) is 3.71. The van der Waals surface area contributed by atoms with Crippen LogP contribution < -0.4 is 0 Å². The second kappa shape index (κ2) is 3.89. The van der Waals surface area contributed by atoms with Crippen molar-refractivity contribution in [3.8, 4) is 0 Å². The van der Waals surface area contributed by atoms with Crippen molar-refractivity contribution in [1.29, 1.82) is 0 Å². The Kier molecular flexibility index (Phi) is 2.51. The van der Waals surface area contributed by atoms with Crippen LogP contribution in [0.15, 0.2) is 30.3 Å². The molecule has 0 aliphatic heterocycles. The van der Waals surface area contributed by atoms with Gasteiger partial charge in [0.15, 0.2) is 0 Å². The summed E-state index contributed by atoms with van der Waals surface area (Å²) in [6.07, 6.45) is 7.57. The molecule has 2 fully saturated rings. The Hall–Kier alpha value is -0.820. The Morgan fingerprint density at radius 1 is 1.00 bits per heavy atom. The van der Waals surface area contributed by atoms with Gasteiger partial charge in [0.25, 0.3) is 0 Å². The lowest BCUT2D eigenvalue weighted by Crippen LogP contribution is -2.50. The molecule has 1 nitrogen and oxygen atoms in total. The second-order valence-corrected chi connectivity index (χ2v) is 5.50. The van der Waals surface area contributed by atoms with Crippen LogP contribution in [-0.2, 0) is 5.60 Å². The highest BCUT2D eigenvalue weighted by molar-refractivity contribution is 5.27. The third kappa shape index (κ3) is 1.49. The van der Waals surface area contributed by atoms with E-state index in [-0.39, 0.29) is 0 Å². The van der Waals surface area contributed by atoms with E-state index in [1.54, 1.807) is 0 Å². The monoisotopic (exact) mass is 216 g/mol. The van der Waals surface area contributed by atoms with Crippen molar-refractivity contribution in [3.63, 3.8) is 0 Å². The topological polar surface area (TPSA) is 20.2 Å². The highest BCUT2D eigenvalue weighted by atomic mass is 16.3. The second-order valence-electron chi connectivity index (χ2n) is 5.50. The van der Waals surface area contributed by atoms with E-state index in [2.05, 4.69) is 12.1 Å². The number of fused-ring (bicyclic) bond motifs is 1. The SMILES string of the molecule is OC1(c2ccccc2)CC2CCCCCC21. The lowest BCUT2D eigenvalue weighted by molar-refractivity contribution is -0.148. The van der Waals surface area contributed by atoms with Crippen molar-refractivity contribution in [3.05, 3.63) is 35.9 Å². The lowest BCUT2D eigenvalue weighted by atomic mass is 9.57. The van der Waals surface area contributed by atoms with E-state index in [0.717, 1.165) is 17.9 Å². The Bertz CT molecular complexity index is 359. The van der Waals surface area contributed by atoms with Crippen molar-refractivity contribution in [1.82, 2.24) is 0 Å². The summed E-state index contributed by atoms with van der Waals surface area (Å²) < 4.78 is 0. The first-order chi connectivity index (χ1) is 7.81. The fourth-order valence-corrected chi connectivity index (χ4v) is 3.71. The van der Waals surface area contributed by atoms with E-state index >= 15 is 0 Å². The predicted octanol–water partition coefficient (Wildman–Crippen LogP) is 3.47. The molecule has 1 aromatic carbocycles. The third-order valence-corrected chi connectivity index (χ3v) is 4.62. The molecule has 16 heavy (non-hydrogen) atoms. The molecule has 0 radical (unpaired) electrons. The van der Waals surface area contributed by atoms with Gasteiger partial charge in [0, 0.05) is 0 Å². The summed E-state index contributed by atoms with van der Waals surface area (Å²) in [6, 6.07) is 10.3. The fraction of sp³-hybridized carbons (Fsp3) is 0.600. The maximum atomic E-state index is 10.8. The van der Waals surface area contributed by atoms with Gasteiger partial charge in [-0.25, -0.2) is 0 Å². The standard InChI is InChI=1S/C15H20O/c16-15(13-8-4-2-5-9-13)11-12-7-3-1-6-10-14(12)15/h2,4-5,8-9,12,14,16H,1,3,6-7,10-11H2. The molecule has 0 aromatic heterocycles. The summed E-state index contributed by atoms with van der Waals surface area (Å²) in [4.78, 5) is 0. The van der Waals surface area contributed by atoms with Gasteiger partial charge in [0.2, 0.25) is 0 Å². The zero-order chi connectivity index (χ0) is 11.0. The van der Waals surface area contributed by atoms with Crippen LogP contribution >= 0.6 is 0 Å². The van der Waals surface area contributed by atoms with Crippen LogP contribution in [0.4, 0.5) is 0 Å². The zero-order valence-electron chi connectivity index (χ0n) is 9.73. The molecular weight excluding hydrogens is 196 g/mol. The smallest absolute Gasteiger partial charge is 0.0930 e. The largest absolute Gasteiger partial charge is 0.385 e. The third-order valence-electron chi connectivity index (χ3n) is 4.62. The molecule has 1 aromatic rings. The van der Waals surface area contributed by atoms with Gasteiger partial charge in [0.1, 0.15) is 0 Å². The molecule has 2 saturated carbocycles. The highest BCUT2D eigenvalue weighted by Gasteiger charge is 2.52. The van der Waals surface area contributed by atoms with Gasteiger partial charge < -0.3 is 5.11 Å². The van der Waals surface area contributed by atoms with Gasteiger partial charge in [-0.2, -0.15) is 0 Å². The molecule has 1 heteroatoms. The minimum atomic E-state index is -0.504. The summed E-state index contributed by atoms with van der Waals surface area (Å²) in [7, 11) is 0. The van der Waals surface area contributed by atoms with Gasteiger partial charge >= 0.3 is 0 Å². The van der Waals surface area contributed by atoms with E-state index in [1.165, 1.54) is 32.1 Å². The first kappa shape index (κ1) is 10.3. The van der Waals surface area contributed by atoms with E-state index in [0.29, 0.717) is 5.92 Å². The van der Waals surface area contributed by atoms with Crippen LogP contribution in [0, 0.1) is 11.8 Å². The van der Waals surface area contributed by atoms with Gasteiger partial charge in [-0.3, -0.25) is 0 Å². The number of hydrogen-bond acceptors (Lipinski definition) is 1. The van der Waals surface area contributed by atoms with E-state index < -0.39 is 5.60 Å². The van der Waals surface area contributed by atoms with Gasteiger partial charge in [-0.05, 0) is 36.7 Å². The van der Waals surface area contributed by atoms with E-state index in [4.69, 9.17) is 0 Å². The molecule has 0 spiro atoms. The zero-order valence-corrected chi connectivity index (χ0v) is 9.73. The number of aliphatic hydroxyl groups is 1.